The van der Waals surface area contributed by atoms with E-state index in [4.69, 9.17) is 11.5 Å². The Morgan fingerprint density at radius 1 is 1.28 bits per heavy atom. The molecule has 0 aliphatic rings. The molecular weight excluding hydrogens is 228 g/mol. The number of hydrogen-bond acceptors (Lipinski definition) is 3. The molecule has 1 aromatic heterocycles. The van der Waals surface area contributed by atoms with Crippen molar-refractivity contribution in [2.24, 2.45) is 0 Å². The second kappa shape index (κ2) is 5.02. The third-order valence-electron chi connectivity index (χ3n) is 2.30. The van der Waals surface area contributed by atoms with Crippen molar-refractivity contribution >= 4 is 17.3 Å². The number of hydrogen-bond donors (Lipinski definition) is 2. The van der Waals surface area contributed by atoms with Crippen LogP contribution in [0.15, 0.2) is 42.6 Å². The summed E-state index contributed by atoms with van der Waals surface area (Å²) in [5.41, 5.74) is 2.32. The lowest BCUT2D eigenvalue weighted by molar-refractivity contribution is 0.0690. The van der Waals surface area contributed by atoms with Gasteiger partial charge in [-0.25, -0.2) is 9.78 Å². The van der Waals surface area contributed by atoms with Crippen molar-refractivity contribution in [3.05, 3.63) is 53.9 Å². The van der Waals surface area contributed by atoms with Crippen LogP contribution in [0.4, 0.5) is 11.4 Å². The SMILES string of the molecule is C#Cc1cccc(Nc2ccc(C(=O)O)nc2)c1. The van der Waals surface area contributed by atoms with Gasteiger partial charge >= 0.3 is 5.97 Å². The van der Waals surface area contributed by atoms with Crippen LogP contribution in [0.3, 0.4) is 0 Å². The number of carboxylic acid groups (broad SMARTS) is 1. The van der Waals surface area contributed by atoms with Gasteiger partial charge in [-0.2, -0.15) is 0 Å². The zero-order valence-corrected chi connectivity index (χ0v) is 9.42. The molecule has 0 saturated heterocycles. The van der Waals surface area contributed by atoms with Crippen molar-refractivity contribution in [2.45, 2.75) is 0 Å². The van der Waals surface area contributed by atoms with Gasteiger partial charge in [0.15, 0.2) is 0 Å². The molecule has 2 N–H and O–H groups in total. The molecule has 18 heavy (non-hydrogen) atoms. The van der Waals surface area contributed by atoms with Gasteiger partial charge in [0, 0.05) is 11.3 Å². The lowest BCUT2D eigenvalue weighted by Crippen LogP contribution is -2.00. The fraction of sp³-hybridized carbons (Fsp3) is 0. The van der Waals surface area contributed by atoms with Gasteiger partial charge in [0.1, 0.15) is 5.69 Å². The quantitative estimate of drug-likeness (QED) is 0.806. The number of carbonyl (C=O) groups is 1. The Hall–Kier alpha value is -2.80. The van der Waals surface area contributed by atoms with Gasteiger partial charge in [-0.15, -0.1) is 6.42 Å². The van der Waals surface area contributed by atoms with Crippen LogP contribution in [0.5, 0.6) is 0 Å². The molecule has 4 heteroatoms. The van der Waals surface area contributed by atoms with Crippen molar-refractivity contribution in [2.75, 3.05) is 5.32 Å². The van der Waals surface area contributed by atoms with Crippen LogP contribution in [0, 0.1) is 12.3 Å². The topological polar surface area (TPSA) is 62.2 Å². The normalized spacial score (nSPS) is 9.50. The Morgan fingerprint density at radius 2 is 2.11 bits per heavy atom. The van der Waals surface area contributed by atoms with E-state index in [-0.39, 0.29) is 5.69 Å². The summed E-state index contributed by atoms with van der Waals surface area (Å²) >= 11 is 0. The van der Waals surface area contributed by atoms with Crippen molar-refractivity contribution in [3.8, 4) is 12.3 Å². The smallest absolute Gasteiger partial charge is 0.354 e. The van der Waals surface area contributed by atoms with Crippen LogP contribution in [0.1, 0.15) is 16.1 Å². The first-order valence-corrected chi connectivity index (χ1v) is 5.22. The zero-order chi connectivity index (χ0) is 13.0. The number of anilines is 2. The summed E-state index contributed by atoms with van der Waals surface area (Å²) < 4.78 is 0. The standard InChI is InChI=1S/C14H10N2O2/c1-2-10-4-3-5-11(8-10)16-12-6-7-13(14(17)18)15-9-12/h1,3-9,16H,(H,17,18). The number of pyridine rings is 1. The van der Waals surface area contributed by atoms with Crippen molar-refractivity contribution in [3.63, 3.8) is 0 Å². The summed E-state index contributed by atoms with van der Waals surface area (Å²) in [5, 5.41) is 11.8. The third-order valence-corrected chi connectivity index (χ3v) is 2.30. The van der Waals surface area contributed by atoms with E-state index in [1.807, 2.05) is 24.3 Å². The summed E-state index contributed by atoms with van der Waals surface area (Å²) in [6.07, 6.45) is 6.77. The number of aromatic carboxylic acids is 1. The molecule has 0 bridgehead atoms. The zero-order valence-electron chi connectivity index (χ0n) is 9.42. The second-order valence-corrected chi connectivity index (χ2v) is 3.59. The maximum absolute atomic E-state index is 10.6. The average molecular weight is 238 g/mol. The van der Waals surface area contributed by atoms with Crippen LogP contribution in [0.25, 0.3) is 0 Å². The molecule has 2 rings (SSSR count). The van der Waals surface area contributed by atoms with E-state index < -0.39 is 5.97 Å². The summed E-state index contributed by atoms with van der Waals surface area (Å²) in [5.74, 6) is 1.50. The average Bonchev–Trinajstić information content (AvgIpc) is 2.39. The first-order valence-electron chi connectivity index (χ1n) is 5.22. The van der Waals surface area contributed by atoms with Crippen molar-refractivity contribution < 1.29 is 9.90 Å². The lowest BCUT2D eigenvalue weighted by atomic mass is 10.2. The highest BCUT2D eigenvalue weighted by Gasteiger charge is 2.03. The maximum Gasteiger partial charge on any atom is 0.354 e. The Morgan fingerprint density at radius 3 is 2.72 bits per heavy atom. The predicted molar refractivity (Wildman–Crippen MR) is 68.9 cm³/mol. The molecule has 0 radical (unpaired) electrons. The molecule has 0 aliphatic carbocycles. The Labute approximate surface area is 104 Å². The minimum absolute atomic E-state index is 0.0120. The number of rotatable bonds is 3. The van der Waals surface area contributed by atoms with Crippen molar-refractivity contribution in [1.29, 1.82) is 0 Å². The van der Waals surface area contributed by atoms with Crippen LogP contribution in [-0.2, 0) is 0 Å². The highest BCUT2D eigenvalue weighted by molar-refractivity contribution is 5.85. The Kier molecular flexibility index (Phi) is 3.26. The van der Waals surface area contributed by atoms with Crippen LogP contribution in [-0.4, -0.2) is 16.1 Å². The lowest BCUT2D eigenvalue weighted by Gasteiger charge is -2.06. The number of carboxylic acids is 1. The Bertz CT molecular complexity index is 612. The number of terminal acetylenes is 1. The van der Waals surface area contributed by atoms with E-state index in [2.05, 4.69) is 16.2 Å². The fourth-order valence-corrected chi connectivity index (χ4v) is 1.45. The van der Waals surface area contributed by atoms with Gasteiger partial charge in [-0.05, 0) is 30.3 Å². The van der Waals surface area contributed by atoms with Crippen LogP contribution < -0.4 is 5.32 Å². The maximum atomic E-state index is 10.6. The van der Waals surface area contributed by atoms with E-state index in [0.717, 1.165) is 11.3 Å². The molecule has 0 fully saturated rings. The summed E-state index contributed by atoms with van der Waals surface area (Å²) in [7, 11) is 0. The van der Waals surface area contributed by atoms with E-state index in [1.165, 1.54) is 12.3 Å². The number of nitrogens with one attached hydrogen (secondary N) is 1. The minimum Gasteiger partial charge on any atom is -0.477 e. The van der Waals surface area contributed by atoms with Gasteiger partial charge in [0.25, 0.3) is 0 Å². The molecule has 0 aliphatic heterocycles. The van der Waals surface area contributed by atoms with E-state index in [0.29, 0.717) is 5.69 Å². The largest absolute Gasteiger partial charge is 0.477 e. The van der Waals surface area contributed by atoms with Gasteiger partial charge in [0.2, 0.25) is 0 Å². The van der Waals surface area contributed by atoms with Gasteiger partial charge in [0.05, 0.1) is 11.9 Å². The molecule has 0 saturated carbocycles. The van der Waals surface area contributed by atoms with Gasteiger partial charge in [-0.3, -0.25) is 0 Å². The van der Waals surface area contributed by atoms with Gasteiger partial charge in [-0.1, -0.05) is 12.0 Å². The molecule has 0 spiro atoms. The first-order chi connectivity index (χ1) is 8.69. The first kappa shape index (κ1) is 11.7. The number of nitrogens with zero attached hydrogens (tertiary/aromatic N) is 1. The molecule has 0 unspecified atom stereocenters. The molecule has 1 aromatic carbocycles. The highest BCUT2D eigenvalue weighted by Crippen LogP contribution is 2.16. The van der Waals surface area contributed by atoms with E-state index in [1.54, 1.807) is 6.07 Å². The molecule has 88 valence electrons. The van der Waals surface area contributed by atoms with Gasteiger partial charge < -0.3 is 10.4 Å². The summed E-state index contributed by atoms with van der Waals surface area (Å²) in [6, 6.07) is 10.5. The Balaban J connectivity index is 2.18. The molecular formula is C14H10N2O2. The van der Waals surface area contributed by atoms with E-state index in [9.17, 15) is 4.79 Å². The summed E-state index contributed by atoms with van der Waals surface area (Å²) in [4.78, 5) is 14.5. The predicted octanol–water partition coefficient (Wildman–Crippen LogP) is 2.50. The van der Waals surface area contributed by atoms with Crippen LogP contribution in [0.2, 0.25) is 0 Å². The molecule has 4 nitrogen and oxygen atoms in total. The molecule has 0 atom stereocenters. The molecule has 0 amide bonds. The third kappa shape index (κ3) is 2.66. The monoisotopic (exact) mass is 238 g/mol. The van der Waals surface area contributed by atoms with E-state index >= 15 is 0 Å². The minimum atomic E-state index is -1.05. The highest BCUT2D eigenvalue weighted by atomic mass is 16.4. The fourth-order valence-electron chi connectivity index (χ4n) is 1.45. The molecule has 1 heterocycles. The van der Waals surface area contributed by atoms with Crippen molar-refractivity contribution in [1.82, 2.24) is 4.98 Å². The number of benzene rings is 1. The van der Waals surface area contributed by atoms with Crippen LogP contribution >= 0.6 is 0 Å². The summed E-state index contributed by atoms with van der Waals surface area (Å²) in [6.45, 7) is 0. The second-order valence-electron chi connectivity index (χ2n) is 3.59. The molecule has 2 aromatic rings. The number of aromatic nitrogens is 1.